The first kappa shape index (κ1) is 14.7. The predicted molar refractivity (Wildman–Crippen MR) is 87.4 cm³/mol. The van der Waals surface area contributed by atoms with Crippen LogP contribution in [-0.2, 0) is 13.6 Å². The lowest BCUT2D eigenvalue weighted by Gasteiger charge is -2.57. The second kappa shape index (κ2) is 5.33. The first-order valence-electron chi connectivity index (χ1n) is 8.21. The maximum absolute atomic E-state index is 13.3. The molecule has 4 aliphatic carbocycles. The lowest BCUT2D eigenvalue weighted by atomic mass is 9.50. The molecule has 0 heterocycles. The first-order valence-corrected chi connectivity index (χ1v) is 9.75. The van der Waals surface area contributed by atoms with Gasteiger partial charge in [0.2, 0.25) is 0 Å². The molecule has 22 heavy (non-hydrogen) atoms. The van der Waals surface area contributed by atoms with E-state index in [2.05, 4.69) is 24.3 Å². The van der Waals surface area contributed by atoms with Crippen molar-refractivity contribution in [3.05, 3.63) is 41.2 Å². The molecule has 4 atom stereocenters. The molecule has 5 rings (SSSR count). The zero-order chi connectivity index (χ0) is 15.3. The zero-order valence-electron chi connectivity index (χ0n) is 13.2. The summed E-state index contributed by atoms with van der Waals surface area (Å²) < 4.78 is 24.1. The smallest absolute Gasteiger partial charge is 0.309 e. The fraction of sp³-hybridized carbons (Fsp3) is 0.556. The van der Waals surface area contributed by atoms with E-state index in [9.17, 15) is 4.57 Å². The SMILES string of the molecule is COP(=O)(OC)C1=C(c2ccccc2)C2CCC1C1CCC21. The summed E-state index contributed by atoms with van der Waals surface area (Å²) in [5.74, 6) is 2.38. The molecule has 2 bridgehead atoms. The number of fused-ring (bicyclic) bond motifs is 1. The second-order valence-corrected chi connectivity index (χ2v) is 8.93. The van der Waals surface area contributed by atoms with Crippen LogP contribution in [-0.4, -0.2) is 14.2 Å². The van der Waals surface area contributed by atoms with Crippen molar-refractivity contribution in [3.63, 3.8) is 0 Å². The summed E-state index contributed by atoms with van der Waals surface area (Å²) in [6.45, 7) is 0. The van der Waals surface area contributed by atoms with Crippen LogP contribution in [0.5, 0.6) is 0 Å². The Hall–Kier alpha value is -0.890. The van der Waals surface area contributed by atoms with Crippen LogP contribution in [0.3, 0.4) is 0 Å². The fourth-order valence-corrected chi connectivity index (χ4v) is 6.89. The van der Waals surface area contributed by atoms with Gasteiger partial charge in [-0.25, -0.2) is 0 Å². The molecular formula is C18H23O3P. The van der Waals surface area contributed by atoms with E-state index in [1.165, 1.54) is 44.6 Å². The summed E-state index contributed by atoms with van der Waals surface area (Å²) in [6, 6.07) is 10.4. The van der Waals surface area contributed by atoms with Crippen LogP contribution in [0.15, 0.2) is 35.6 Å². The third-order valence-electron chi connectivity index (χ3n) is 6.06. The van der Waals surface area contributed by atoms with E-state index in [4.69, 9.17) is 9.05 Å². The number of benzene rings is 1. The topological polar surface area (TPSA) is 35.5 Å². The molecule has 1 aromatic rings. The van der Waals surface area contributed by atoms with Gasteiger partial charge >= 0.3 is 7.60 Å². The molecule has 0 N–H and O–H groups in total. The molecule has 3 nitrogen and oxygen atoms in total. The van der Waals surface area contributed by atoms with Crippen molar-refractivity contribution in [2.24, 2.45) is 23.7 Å². The van der Waals surface area contributed by atoms with Gasteiger partial charge in [-0.3, -0.25) is 4.57 Å². The Morgan fingerprint density at radius 3 is 2.09 bits per heavy atom. The lowest BCUT2D eigenvalue weighted by Crippen LogP contribution is -2.47. The van der Waals surface area contributed by atoms with Crippen molar-refractivity contribution in [2.75, 3.05) is 14.2 Å². The molecule has 4 unspecified atom stereocenters. The standard InChI is InChI=1S/C18H23O3P/c1-20-22(19,21-2)18-16-11-10-15(13-8-9-14(13)16)17(18)12-6-4-3-5-7-12/h3-7,13-16H,8-11H2,1-2H3. The van der Waals surface area contributed by atoms with Gasteiger partial charge in [0.15, 0.2) is 0 Å². The molecular weight excluding hydrogens is 295 g/mol. The Kier molecular flexibility index (Phi) is 3.56. The molecule has 2 saturated carbocycles. The van der Waals surface area contributed by atoms with Crippen LogP contribution >= 0.6 is 7.60 Å². The summed E-state index contributed by atoms with van der Waals surface area (Å²) in [5.41, 5.74) is 2.47. The van der Waals surface area contributed by atoms with E-state index in [-0.39, 0.29) is 0 Å². The van der Waals surface area contributed by atoms with Crippen molar-refractivity contribution in [1.29, 1.82) is 0 Å². The van der Waals surface area contributed by atoms with Gasteiger partial charge in [0, 0.05) is 19.5 Å². The van der Waals surface area contributed by atoms with Gasteiger partial charge in [0.25, 0.3) is 0 Å². The van der Waals surface area contributed by atoms with Crippen molar-refractivity contribution in [1.82, 2.24) is 0 Å². The third kappa shape index (κ3) is 1.92. The average molecular weight is 318 g/mol. The van der Waals surface area contributed by atoms with E-state index in [0.717, 1.165) is 17.7 Å². The van der Waals surface area contributed by atoms with E-state index < -0.39 is 7.60 Å². The molecule has 4 heteroatoms. The van der Waals surface area contributed by atoms with Crippen LogP contribution in [0.2, 0.25) is 0 Å². The highest BCUT2D eigenvalue weighted by molar-refractivity contribution is 7.58. The average Bonchev–Trinajstić information content (AvgIpc) is 2.54. The van der Waals surface area contributed by atoms with Crippen LogP contribution in [0, 0.1) is 23.7 Å². The van der Waals surface area contributed by atoms with E-state index in [1.807, 2.05) is 6.07 Å². The van der Waals surface area contributed by atoms with Gasteiger partial charge in [-0.2, -0.15) is 0 Å². The Labute approximate surface area is 132 Å². The van der Waals surface area contributed by atoms with Gasteiger partial charge in [0.1, 0.15) is 0 Å². The van der Waals surface area contributed by atoms with E-state index in [0.29, 0.717) is 17.8 Å². The second-order valence-electron chi connectivity index (χ2n) is 6.72. The van der Waals surface area contributed by atoms with Crippen LogP contribution < -0.4 is 0 Å². The van der Waals surface area contributed by atoms with Gasteiger partial charge in [0.05, 0.1) is 0 Å². The highest BCUT2D eigenvalue weighted by atomic mass is 31.2. The maximum atomic E-state index is 13.3. The monoisotopic (exact) mass is 318 g/mol. The minimum atomic E-state index is -3.17. The number of rotatable bonds is 4. The summed E-state index contributed by atoms with van der Waals surface area (Å²) in [7, 11) is -0.142. The highest BCUT2D eigenvalue weighted by Crippen LogP contribution is 2.71. The summed E-state index contributed by atoms with van der Waals surface area (Å²) in [4.78, 5) is 0. The van der Waals surface area contributed by atoms with Crippen LogP contribution in [0.25, 0.3) is 5.57 Å². The Balaban J connectivity index is 1.94. The number of allylic oxidation sites excluding steroid dienone is 2. The molecule has 0 aromatic heterocycles. The molecule has 0 radical (unpaired) electrons. The summed E-state index contributed by atoms with van der Waals surface area (Å²) in [5, 5.41) is 0.987. The Morgan fingerprint density at radius 1 is 0.909 bits per heavy atom. The largest absolute Gasteiger partial charge is 0.357 e. The Bertz CT molecular complexity index is 644. The maximum Gasteiger partial charge on any atom is 0.357 e. The van der Waals surface area contributed by atoms with Crippen molar-refractivity contribution >= 4 is 13.2 Å². The summed E-state index contributed by atoms with van der Waals surface area (Å²) in [6.07, 6.45) is 4.94. The summed E-state index contributed by atoms with van der Waals surface area (Å²) >= 11 is 0. The van der Waals surface area contributed by atoms with Crippen LogP contribution in [0.1, 0.15) is 31.2 Å². The van der Waals surface area contributed by atoms with E-state index >= 15 is 0 Å². The highest BCUT2D eigenvalue weighted by Gasteiger charge is 2.56. The quantitative estimate of drug-likeness (QED) is 0.737. The van der Waals surface area contributed by atoms with Crippen LogP contribution in [0.4, 0.5) is 0 Å². The van der Waals surface area contributed by atoms with Crippen molar-refractivity contribution in [2.45, 2.75) is 25.7 Å². The van der Waals surface area contributed by atoms with Gasteiger partial charge in [-0.1, -0.05) is 30.3 Å². The number of hydrogen-bond acceptors (Lipinski definition) is 3. The van der Waals surface area contributed by atoms with Gasteiger partial charge in [-0.15, -0.1) is 0 Å². The van der Waals surface area contributed by atoms with Crippen molar-refractivity contribution < 1.29 is 13.6 Å². The molecule has 0 spiro atoms. The van der Waals surface area contributed by atoms with Gasteiger partial charge in [-0.05, 0) is 60.5 Å². The molecule has 118 valence electrons. The molecule has 0 saturated heterocycles. The molecule has 2 fully saturated rings. The zero-order valence-corrected chi connectivity index (χ0v) is 14.1. The minimum absolute atomic E-state index is 0.379. The Morgan fingerprint density at radius 2 is 1.50 bits per heavy atom. The fourth-order valence-electron chi connectivity index (χ4n) is 5.03. The molecule has 1 aromatic carbocycles. The number of hydrogen-bond donors (Lipinski definition) is 0. The van der Waals surface area contributed by atoms with Gasteiger partial charge < -0.3 is 9.05 Å². The lowest BCUT2D eigenvalue weighted by molar-refractivity contribution is 0.0287. The third-order valence-corrected chi connectivity index (χ3v) is 8.19. The normalized spacial score (nSPS) is 33.5. The molecule has 4 aliphatic rings. The molecule has 0 amide bonds. The minimum Gasteiger partial charge on any atom is -0.309 e. The predicted octanol–water partition coefficient (Wildman–Crippen LogP) is 4.95. The van der Waals surface area contributed by atoms with Crippen molar-refractivity contribution in [3.8, 4) is 0 Å². The van der Waals surface area contributed by atoms with E-state index in [1.54, 1.807) is 0 Å². The first-order chi connectivity index (χ1) is 10.7. The molecule has 0 aliphatic heterocycles.